The van der Waals surface area contributed by atoms with Crippen molar-refractivity contribution in [3.8, 4) is 0 Å². The zero-order chi connectivity index (χ0) is 10.4. The van der Waals surface area contributed by atoms with E-state index in [-0.39, 0.29) is 5.76 Å². The van der Waals surface area contributed by atoms with Gasteiger partial charge in [-0.2, -0.15) is 0 Å². The van der Waals surface area contributed by atoms with Crippen LogP contribution in [0.25, 0.3) is 0 Å². The molecule has 0 spiro atoms. The first-order valence-electron chi connectivity index (χ1n) is 4.38. The van der Waals surface area contributed by atoms with Gasteiger partial charge in [0.15, 0.2) is 0 Å². The molecular formula is C12H18O. The molecule has 0 saturated carbocycles. The molecule has 0 rings (SSSR count). The van der Waals surface area contributed by atoms with Crippen LogP contribution >= 0.6 is 0 Å². The van der Waals surface area contributed by atoms with Crippen LogP contribution in [0.4, 0.5) is 0 Å². The highest BCUT2D eigenvalue weighted by molar-refractivity contribution is 5.41. The second-order valence-corrected chi connectivity index (χ2v) is 3.39. The molecule has 1 nitrogen and oxygen atoms in total. The molecule has 72 valence electrons. The molecule has 0 bridgehead atoms. The topological polar surface area (TPSA) is 20.2 Å². The molecule has 0 saturated heterocycles. The minimum atomic E-state index is 0.233. The predicted molar refractivity (Wildman–Crippen MR) is 58.6 cm³/mol. The molecule has 0 radical (unpaired) electrons. The molecule has 0 unspecified atom stereocenters. The maximum atomic E-state index is 9.59. The van der Waals surface area contributed by atoms with Gasteiger partial charge in [-0.25, -0.2) is 0 Å². The fourth-order valence-electron chi connectivity index (χ4n) is 0.981. The number of allylic oxidation sites excluding steroid dienone is 4. The second kappa shape index (κ2) is 5.41. The predicted octanol–water partition coefficient (Wildman–Crippen LogP) is 3.77. The van der Waals surface area contributed by atoms with Crippen molar-refractivity contribution in [2.75, 3.05) is 0 Å². The average molecular weight is 178 g/mol. The molecule has 0 amide bonds. The van der Waals surface area contributed by atoms with Gasteiger partial charge in [0, 0.05) is 5.57 Å². The third-order valence-electron chi connectivity index (χ3n) is 1.51. The van der Waals surface area contributed by atoms with Gasteiger partial charge < -0.3 is 5.11 Å². The highest BCUT2D eigenvalue weighted by atomic mass is 16.3. The fraction of sp³-hybridized carbons (Fsp3) is 0.333. The summed E-state index contributed by atoms with van der Waals surface area (Å²) in [5.41, 5.74) is 1.67. The van der Waals surface area contributed by atoms with Gasteiger partial charge in [-0.05, 0) is 24.5 Å². The van der Waals surface area contributed by atoms with Gasteiger partial charge in [-0.1, -0.05) is 39.2 Å². The van der Waals surface area contributed by atoms with Crippen LogP contribution in [0.2, 0.25) is 0 Å². The van der Waals surface area contributed by atoms with Gasteiger partial charge >= 0.3 is 0 Å². The Kier molecular flexibility index (Phi) is 4.90. The lowest BCUT2D eigenvalue weighted by Crippen LogP contribution is -1.93. The summed E-state index contributed by atoms with van der Waals surface area (Å²) in [4.78, 5) is 0. The van der Waals surface area contributed by atoms with Gasteiger partial charge in [0.05, 0.1) is 0 Å². The lowest BCUT2D eigenvalue weighted by Gasteiger charge is -2.07. The summed E-state index contributed by atoms with van der Waals surface area (Å²) >= 11 is 0. The Bertz CT molecular complexity index is 254. The molecule has 0 atom stereocenters. The first-order chi connectivity index (χ1) is 5.99. The van der Waals surface area contributed by atoms with Crippen LogP contribution in [0.15, 0.2) is 48.3 Å². The zero-order valence-electron chi connectivity index (χ0n) is 8.67. The number of aliphatic hydroxyl groups is 1. The molecule has 0 aliphatic heterocycles. The normalized spacial score (nSPS) is 13.2. The first kappa shape index (κ1) is 11.8. The van der Waals surface area contributed by atoms with E-state index in [0.717, 1.165) is 11.1 Å². The first-order valence-corrected chi connectivity index (χ1v) is 4.38. The highest BCUT2D eigenvalue weighted by Crippen LogP contribution is 2.17. The van der Waals surface area contributed by atoms with E-state index in [1.165, 1.54) is 0 Å². The van der Waals surface area contributed by atoms with Crippen molar-refractivity contribution < 1.29 is 5.11 Å². The van der Waals surface area contributed by atoms with Crippen molar-refractivity contribution in [1.29, 1.82) is 0 Å². The summed E-state index contributed by atoms with van der Waals surface area (Å²) in [7, 11) is 0. The molecule has 0 aliphatic carbocycles. The van der Waals surface area contributed by atoms with Crippen LogP contribution < -0.4 is 0 Å². The Morgan fingerprint density at radius 3 is 2.23 bits per heavy atom. The van der Waals surface area contributed by atoms with Gasteiger partial charge in [0.25, 0.3) is 0 Å². The minimum absolute atomic E-state index is 0.233. The van der Waals surface area contributed by atoms with Crippen molar-refractivity contribution in [1.82, 2.24) is 0 Å². The van der Waals surface area contributed by atoms with Crippen LogP contribution in [-0.4, -0.2) is 5.11 Å². The Balaban J connectivity index is 4.92. The lowest BCUT2D eigenvalue weighted by molar-refractivity contribution is 0.424. The van der Waals surface area contributed by atoms with Crippen molar-refractivity contribution in [2.45, 2.75) is 20.8 Å². The third kappa shape index (κ3) is 4.36. The van der Waals surface area contributed by atoms with E-state index < -0.39 is 0 Å². The van der Waals surface area contributed by atoms with Crippen LogP contribution in [0.1, 0.15) is 20.8 Å². The average Bonchev–Trinajstić information content (AvgIpc) is 1.99. The Hall–Kier alpha value is -1.24. The Morgan fingerprint density at radius 1 is 1.38 bits per heavy atom. The number of hydrogen-bond donors (Lipinski definition) is 1. The Morgan fingerprint density at radius 2 is 1.92 bits per heavy atom. The van der Waals surface area contributed by atoms with Crippen molar-refractivity contribution >= 4 is 0 Å². The van der Waals surface area contributed by atoms with Gasteiger partial charge in [-0.15, -0.1) is 0 Å². The van der Waals surface area contributed by atoms with Crippen molar-refractivity contribution in [3.05, 3.63) is 48.3 Å². The zero-order valence-corrected chi connectivity index (χ0v) is 8.67. The van der Waals surface area contributed by atoms with Crippen LogP contribution in [0.5, 0.6) is 0 Å². The number of aliphatic hydroxyl groups excluding tert-OH is 1. The minimum Gasteiger partial charge on any atom is -0.507 e. The summed E-state index contributed by atoms with van der Waals surface area (Å²) in [5, 5.41) is 9.59. The summed E-state index contributed by atoms with van der Waals surface area (Å²) in [6.07, 6.45) is 5.12. The number of rotatable bonds is 4. The maximum Gasteiger partial charge on any atom is 0.122 e. The van der Waals surface area contributed by atoms with Crippen LogP contribution in [0.3, 0.4) is 0 Å². The molecule has 0 aromatic heterocycles. The molecule has 0 aliphatic rings. The number of hydrogen-bond acceptors (Lipinski definition) is 1. The lowest BCUT2D eigenvalue weighted by atomic mass is 10.0. The molecule has 0 aromatic carbocycles. The molecule has 0 fully saturated rings. The van der Waals surface area contributed by atoms with E-state index >= 15 is 0 Å². The Labute approximate surface area is 80.8 Å². The maximum absolute atomic E-state index is 9.59. The summed E-state index contributed by atoms with van der Waals surface area (Å²) in [5.74, 6) is 0.628. The molecule has 1 heteroatoms. The fourth-order valence-corrected chi connectivity index (χ4v) is 0.981. The SMILES string of the molecule is C=C/C=C(O)\C(=C/C(C)C)C(=C)C. The second-order valence-electron chi connectivity index (χ2n) is 3.39. The van der Waals surface area contributed by atoms with Crippen molar-refractivity contribution in [3.63, 3.8) is 0 Å². The van der Waals surface area contributed by atoms with E-state index in [1.807, 2.05) is 13.0 Å². The third-order valence-corrected chi connectivity index (χ3v) is 1.51. The quantitative estimate of drug-likeness (QED) is 0.513. The van der Waals surface area contributed by atoms with E-state index in [9.17, 15) is 5.11 Å². The highest BCUT2D eigenvalue weighted by Gasteiger charge is 2.03. The molecular weight excluding hydrogens is 160 g/mol. The monoisotopic (exact) mass is 178 g/mol. The van der Waals surface area contributed by atoms with E-state index in [2.05, 4.69) is 27.0 Å². The molecule has 1 N–H and O–H groups in total. The van der Waals surface area contributed by atoms with E-state index in [0.29, 0.717) is 5.92 Å². The molecule has 0 heterocycles. The summed E-state index contributed by atoms with van der Waals surface area (Å²) in [6, 6.07) is 0. The van der Waals surface area contributed by atoms with Gasteiger partial charge in [0.2, 0.25) is 0 Å². The van der Waals surface area contributed by atoms with Crippen LogP contribution in [-0.2, 0) is 0 Å². The van der Waals surface area contributed by atoms with E-state index in [4.69, 9.17) is 0 Å². The van der Waals surface area contributed by atoms with Crippen LogP contribution in [0, 0.1) is 5.92 Å². The summed E-state index contributed by atoms with van der Waals surface area (Å²) < 4.78 is 0. The largest absolute Gasteiger partial charge is 0.507 e. The van der Waals surface area contributed by atoms with E-state index in [1.54, 1.807) is 12.2 Å². The molecule has 13 heavy (non-hydrogen) atoms. The van der Waals surface area contributed by atoms with Gasteiger partial charge in [0.1, 0.15) is 5.76 Å². The summed E-state index contributed by atoms with van der Waals surface area (Å²) in [6.45, 7) is 13.3. The standard InChI is InChI=1S/C12H18O/c1-6-7-12(13)11(10(4)5)8-9(2)3/h6-9,13H,1,4H2,2-3,5H3/b11-8-,12-7+. The van der Waals surface area contributed by atoms with Crippen molar-refractivity contribution in [2.24, 2.45) is 5.92 Å². The van der Waals surface area contributed by atoms with Gasteiger partial charge in [-0.3, -0.25) is 0 Å². The smallest absolute Gasteiger partial charge is 0.122 e. The molecule has 0 aromatic rings.